The molecule has 4 aromatic rings. The van der Waals surface area contributed by atoms with Crippen LogP contribution in [0.25, 0.3) is 38.4 Å². The molecule has 0 aliphatic heterocycles. The Balaban J connectivity index is 1.69. The highest BCUT2D eigenvalue weighted by Crippen LogP contribution is 2.34. The first-order valence-corrected chi connectivity index (χ1v) is 16.8. The Bertz CT molecular complexity index is 2140. The number of allylic oxidation sites excluding steroid dienone is 12. The number of aromatic nitrogens is 1. The minimum absolute atomic E-state index is 0.00704. The van der Waals surface area contributed by atoms with Crippen molar-refractivity contribution in [1.82, 2.24) is 4.57 Å². The Labute approximate surface area is 286 Å². The van der Waals surface area contributed by atoms with E-state index in [2.05, 4.69) is 149 Å². The van der Waals surface area contributed by atoms with Crippen LogP contribution in [0.3, 0.4) is 0 Å². The molecule has 0 bridgehead atoms. The summed E-state index contributed by atoms with van der Waals surface area (Å²) in [6.07, 6.45) is 24.2. The van der Waals surface area contributed by atoms with Gasteiger partial charge in [0.05, 0.1) is 18.1 Å². The predicted octanol–water partition coefficient (Wildman–Crippen LogP) is 11.3. The van der Waals surface area contributed by atoms with Crippen molar-refractivity contribution in [2.45, 2.75) is 53.6 Å². The van der Waals surface area contributed by atoms with Crippen LogP contribution in [0, 0.1) is 0 Å². The summed E-state index contributed by atoms with van der Waals surface area (Å²) in [6.45, 7) is 19.7. The Morgan fingerprint density at radius 3 is 2.48 bits per heavy atom. The van der Waals surface area contributed by atoms with Gasteiger partial charge in [-0.15, -0.1) is 6.58 Å². The number of para-hydroxylation sites is 1. The molecule has 0 saturated heterocycles. The van der Waals surface area contributed by atoms with Crippen LogP contribution in [0.4, 0.5) is 0 Å². The van der Waals surface area contributed by atoms with Crippen LogP contribution in [0.1, 0.15) is 52.2 Å². The van der Waals surface area contributed by atoms with Gasteiger partial charge in [-0.25, -0.2) is 0 Å². The summed E-state index contributed by atoms with van der Waals surface area (Å²) in [6, 6.07) is 22.3. The Hall–Kier alpha value is -5.28. The highest BCUT2D eigenvalue weighted by atomic mass is 15.0. The fourth-order valence-electron chi connectivity index (χ4n) is 6.05. The molecule has 0 N–H and O–H groups in total. The van der Waals surface area contributed by atoms with Gasteiger partial charge in [0.1, 0.15) is 5.49 Å². The van der Waals surface area contributed by atoms with Crippen LogP contribution in [-0.2, 0) is 6.54 Å². The number of hydrogen-bond donors (Lipinski definition) is 0. The molecule has 0 fully saturated rings. The quantitative estimate of drug-likeness (QED) is 0.0684. The fourth-order valence-corrected chi connectivity index (χ4v) is 6.05. The van der Waals surface area contributed by atoms with Gasteiger partial charge >= 0.3 is 0 Å². The maximum Gasteiger partial charge on any atom is 0.136 e. The maximum atomic E-state index is 5.15. The average molecular weight is 630 g/mol. The van der Waals surface area contributed by atoms with Crippen LogP contribution >= 0.6 is 0 Å². The lowest BCUT2D eigenvalue weighted by Gasteiger charge is -2.17. The SMILES string of the molecule is C=CC(C)/N=c1/c2ccc(-c3ccc(/C(C)=N/C/C=C\C=C/C(=C)C)c(C4=C(C)C=CCC=C4)c3)cc2c2ccccc2n1C/C=C\C. The summed E-state index contributed by atoms with van der Waals surface area (Å²) in [5.41, 5.74) is 11.3. The number of fused-ring (bicyclic) bond motifs is 3. The fraction of sp³-hybridized carbons (Fsp3) is 0.200. The lowest BCUT2D eigenvalue weighted by Crippen LogP contribution is -2.24. The highest BCUT2D eigenvalue weighted by Gasteiger charge is 2.15. The van der Waals surface area contributed by atoms with Crippen LogP contribution < -0.4 is 5.49 Å². The van der Waals surface area contributed by atoms with E-state index in [4.69, 9.17) is 9.98 Å². The van der Waals surface area contributed by atoms with Gasteiger partial charge in [0.2, 0.25) is 0 Å². The van der Waals surface area contributed by atoms with Crippen molar-refractivity contribution >= 4 is 33.0 Å². The highest BCUT2D eigenvalue weighted by molar-refractivity contribution is 6.08. The second kappa shape index (κ2) is 16.0. The molecule has 1 aliphatic carbocycles. The van der Waals surface area contributed by atoms with E-state index in [1.807, 2.05) is 31.2 Å². The third kappa shape index (κ3) is 7.81. The smallest absolute Gasteiger partial charge is 0.136 e. The van der Waals surface area contributed by atoms with E-state index in [1.165, 1.54) is 44.1 Å². The van der Waals surface area contributed by atoms with Crippen LogP contribution in [0.15, 0.2) is 162 Å². The first kappa shape index (κ1) is 34.1. The first-order valence-electron chi connectivity index (χ1n) is 16.8. The molecule has 5 rings (SSSR count). The topological polar surface area (TPSA) is 29.6 Å². The van der Waals surface area contributed by atoms with E-state index in [1.54, 1.807) is 0 Å². The molecule has 0 saturated carbocycles. The number of benzene rings is 3. The molecule has 0 radical (unpaired) electrons. The lowest BCUT2D eigenvalue weighted by atomic mass is 9.89. The van der Waals surface area contributed by atoms with E-state index < -0.39 is 0 Å². The Morgan fingerprint density at radius 1 is 0.917 bits per heavy atom. The number of hydrogen-bond acceptors (Lipinski definition) is 2. The second-order valence-corrected chi connectivity index (χ2v) is 12.3. The number of nitrogens with zero attached hydrogens (tertiary/aromatic N) is 3. The average Bonchev–Trinajstić information content (AvgIpc) is 3.32. The van der Waals surface area contributed by atoms with Gasteiger partial charge in [-0.3, -0.25) is 9.98 Å². The molecule has 0 spiro atoms. The van der Waals surface area contributed by atoms with Crippen LogP contribution in [0.5, 0.6) is 0 Å². The molecular weight excluding hydrogens is 583 g/mol. The zero-order valence-corrected chi connectivity index (χ0v) is 29.1. The predicted molar refractivity (Wildman–Crippen MR) is 211 cm³/mol. The van der Waals surface area contributed by atoms with Crippen molar-refractivity contribution < 1.29 is 0 Å². The summed E-state index contributed by atoms with van der Waals surface area (Å²) in [5, 5.41) is 3.54. The zero-order chi connectivity index (χ0) is 34.0. The standard InChI is InChI=1S/C45H47N3/c1-8-10-29-48-44-23-17-16-22-40(44)43-31-37(25-27-41(43)45(48)47-34(6)9-2)36-24-26-39(35(7)46-28-18-12-13-19-32(3)4)42(30-36)38-21-15-11-14-20-33(38)5/h8-10,12-27,30-31,34H,2-3,11,28-29H2,1,4-7H3/b10-8-,18-12-,19-13-,46-35+,47-45-. The van der Waals surface area contributed by atoms with Crippen molar-refractivity contribution in [1.29, 1.82) is 0 Å². The van der Waals surface area contributed by atoms with E-state index in [9.17, 15) is 0 Å². The van der Waals surface area contributed by atoms with Gasteiger partial charge in [0.15, 0.2) is 0 Å². The monoisotopic (exact) mass is 629 g/mol. The Morgan fingerprint density at radius 2 is 1.69 bits per heavy atom. The van der Waals surface area contributed by atoms with Crippen molar-refractivity contribution in [3.8, 4) is 11.1 Å². The number of rotatable bonds is 11. The summed E-state index contributed by atoms with van der Waals surface area (Å²) in [5.74, 6) is 0. The van der Waals surface area contributed by atoms with Gasteiger partial charge in [0.25, 0.3) is 0 Å². The number of aliphatic imine (C=N–C) groups is 1. The minimum Gasteiger partial charge on any atom is -0.322 e. The van der Waals surface area contributed by atoms with E-state index in [-0.39, 0.29) is 6.04 Å². The molecule has 1 unspecified atom stereocenters. The van der Waals surface area contributed by atoms with Crippen LogP contribution in [0.2, 0.25) is 0 Å². The van der Waals surface area contributed by atoms with Gasteiger partial charge < -0.3 is 4.57 Å². The van der Waals surface area contributed by atoms with Gasteiger partial charge in [-0.05, 0) is 92.5 Å². The van der Waals surface area contributed by atoms with E-state index in [0.717, 1.165) is 40.7 Å². The van der Waals surface area contributed by atoms with Crippen molar-refractivity contribution in [2.24, 2.45) is 9.98 Å². The van der Waals surface area contributed by atoms with Gasteiger partial charge in [-0.2, -0.15) is 0 Å². The van der Waals surface area contributed by atoms with Gasteiger partial charge in [-0.1, -0.05) is 121 Å². The van der Waals surface area contributed by atoms with Crippen molar-refractivity contribution in [3.63, 3.8) is 0 Å². The third-order valence-corrected chi connectivity index (χ3v) is 8.64. The first-order chi connectivity index (χ1) is 23.3. The minimum atomic E-state index is -0.00704. The van der Waals surface area contributed by atoms with E-state index >= 15 is 0 Å². The molecule has 1 atom stereocenters. The molecule has 3 heteroatoms. The number of pyridine rings is 1. The largest absolute Gasteiger partial charge is 0.322 e. The van der Waals surface area contributed by atoms with Crippen LogP contribution in [-0.4, -0.2) is 22.9 Å². The normalized spacial score (nSPS) is 15.1. The van der Waals surface area contributed by atoms with E-state index in [0.29, 0.717) is 6.54 Å². The summed E-state index contributed by atoms with van der Waals surface area (Å²) in [4.78, 5) is 10.1. The molecule has 1 aliphatic rings. The summed E-state index contributed by atoms with van der Waals surface area (Å²) < 4.78 is 2.32. The summed E-state index contributed by atoms with van der Waals surface area (Å²) in [7, 11) is 0. The van der Waals surface area contributed by atoms with Gasteiger partial charge in [0, 0.05) is 28.6 Å². The van der Waals surface area contributed by atoms with Crippen molar-refractivity contribution in [3.05, 3.63) is 168 Å². The lowest BCUT2D eigenvalue weighted by molar-refractivity contribution is 0.761. The third-order valence-electron chi connectivity index (χ3n) is 8.64. The molecule has 3 aromatic carbocycles. The molecule has 3 nitrogen and oxygen atoms in total. The molecule has 242 valence electrons. The maximum absolute atomic E-state index is 5.15. The molecule has 48 heavy (non-hydrogen) atoms. The molecular formula is C45H47N3. The second-order valence-electron chi connectivity index (χ2n) is 12.3. The Kier molecular flexibility index (Phi) is 11.4. The van der Waals surface area contributed by atoms with Crippen molar-refractivity contribution in [2.75, 3.05) is 6.54 Å². The molecule has 1 aromatic heterocycles. The molecule has 1 heterocycles. The zero-order valence-electron chi connectivity index (χ0n) is 29.1. The summed E-state index contributed by atoms with van der Waals surface area (Å²) >= 11 is 0. The molecule has 0 amide bonds.